The zero-order valence-electron chi connectivity index (χ0n) is 12.4. The molecule has 2 bridgehead atoms. The fraction of sp³-hybridized carbons (Fsp3) is 0.722. The van der Waals surface area contributed by atoms with Gasteiger partial charge in [0.2, 0.25) is 0 Å². The fourth-order valence-electron chi connectivity index (χ4n) is 4.58. The highest BCUT2D eigenvalue weighted by atomic mass is 16.3. The van der Waals surface area contributed by atoms with Crippen molar-refractivity contribution in [2.45, 2.75) is 63.9 Å². The molecule has 1 N–H and O–H groups in total. The Bertz CT molecular complexity index is 508. The second-order valence-corrected chi connectivity index (χ2v) is 7.19. The molecule has 3 aliphatic rings. The number of fused-ring (bicyclic) bond motifs is 2. The molecule has 0 amide bonds. The molecule has 1 heterocycles. The molecule has 4 unspecified atom stereocenters. The second-order valence-electron chi connectivity index (χ2n) is 7.19. The van der Waals surface area contributed by atoms with Crippen LogP contribution in [0.1, 0.15) is 74.4 Å². The molecule has 0 radical (unpaired) electrons. The Morgan fingerprint density at radius 1 is 1.20 bits per heavy atom. The Morgan fingerprint density at radius 2 is 2.05 bits per heavy atom. The molecule has 0 aliphatic heterocycles. The van der Waals surface area contributed by atoms with E-state index in [1.165, 1.54) is 44.1 Å². The molecule has 1 aromatic heterocycles. The first-order valence-corrected chi connectivity index (χ1v) is 8.44. The summed E-state index contributed by atoms with van der Waals surface area (Å²) in [5.74, 6) is 2.80. The summed E-state index contributed by atoms with van der Waals surface area (Å²) in [6.45, 7) is 2.15. The van der Waals surface area contributed by atoms with Gasteiger partial charge in [0, 0.05) is 5.69 Å². The second kappa shape index (κ2) is 4.84. The van der Waals surface area contributed by atoms with Gasteiger partial charge in [-0.15, -0.1) is 0 Å². The third kappa shape index (κ3) is 2.09. The number of aliphatic hydroxyl groups is 1. The van der Waals surface area contributed by atoms with Gasteiger partial charge in [-0.25, -0.2) is 0 Å². The van der Waals surface area contributed by atoms with E-state index in [2.05, 4.69) is 19.1 Å². The highest BCUT2D eigenvalue weighted by molar-refractivity contribution is 5.32. The van der Waals surface area contributed by atoms with Gasteiger partial charge in [0.05, 0.1) is 11.8 Å². The Labute approximate surface area is 121 Å². The molecule has 0 saturated heterocycles. The maximum absolute atomic E-state index is 11.0. The predicted molar refractivity (Wildman–Crippen MR) is 79.5 cm³/mol. The summed E-state index contributed by atoms with van der Waals surface area (Å²) >= 11 is 0. The van der Waals surface area contributed by atoms with E-state index in [0.717, 1.165) is 29.6 Å². The van der Waals surface area contributed by atoms with Crippen molar-refractivity contribution >= 4 is 0 Å². The number of aromatic nitrogens is 1. The van der Waals surface area contributed by atoms with Gasteiger partial charge >= 0.3 is 0 Å². The monoisotopic (exact) mass is 271 g/mol. The fourth-order valence-corrected chi connectivity index (χ4v) is 4.58. The third-order valence-corrected chi connectivity index (χ3v) is 5.87. The van der Waals surface area contributed by atoms with Crippen LogP contribution in [0.4, 0.5) is 0 Å². The van der Waals surface area contributed by atoms with Gasteiger partial charge in [-0.1, -0.05) is 19.4 Å². The molecule has 2 nitrogen and oxygen atoms in total. The molecule has 108 valence electrons. The van der Waals surface area contributed by atoms with Gasteiger partial charge in [0.25, 0.3) is 0 Å². The summed E-state index contributed by atoms with van der Waals surface area (Å²) < 4.78 is 0. The first-order valence-electron chi connectivity index (χ1n) is 8.44. The Balaban J connectivity index is 1.65. The minimum atomic E-state index is -0.313. The Morgan fingerprint density at radius 3 is 2.65 bits per heavy atom. The maximum atomic E-state index is 11.0. The molecule has 4 atom stereocenters. The lowest BCUT2D eigenvalue weighted by molar-refractivity contribution is 0.0700. The summed E-state index contributed by atoms with van der Waals surface area (Å²) in [6, 6.07) is 4.40. The highest BCUT2D eigenvalue weighted by Gasteiger charge is 2.44. The minimum Gasteiger partial charge on any atom is -0.386 e. The number of nitrogens with zero attached hydrogens (tertiary/aromatic N) is 1. The molecule has 3 fully saturated rings. The summed E-state index contributed by atoms with van der Waals surface area (Å²) in [4.78, 5) is 4.83. The molecule has 1 aromatic rings. The number of rotatable bonds is 4. The van der Waals surface area contributed by atoms with Crippen LogP contribution in [0.5, 0.6) is 0 Å². The highest BCUT2D eigenvalue weighted by Crippen LogP contribution is 2.53. The lowest BCUT2D eigenvalue weighted by Crippen LogP contribution is -2.21. The number of hydrogen-bond donors (Lipinski definition) is 1. The van der Waals surface area contributed by atoms with Gasteiger partial charge in [-0.3, -0.25) is 4.98 Å². The number of hydrogen-bond acceptors (Lipinski definition) is 2. The van der Waals surface area contributed by atoms with E-state index in [-0.39, 0.29) is 6.10 Å². The van der Waals surface area contributed by atoms with Crippen LogP contribution in [0.15, 0.2) is 12.1 Å². The van der Waals surface area contributed by atoms with E-state index in [9.17, 15) is 5.11 Å². The Hall–Kier alpha value is -0.890. The van der Waals surface area contributed by atoms with Crippen LogP contribution in [-0.4, -0.2) is 10.1 Å². The molecule has 2 heteroatoms. The van der Waals surface area contributed by atoms with E-state index in [1.54, 1.807) is 0 Å². The van der Waals surface area contributed by atoms with E-state index in [4.69, 9.17) is 4.98 Å². The van der Waals surface area contributed by atoms with Crippen molar-refractivity contribution in [2.75, 3.05) is 0 Å². The van der Waals surface area contributed by atoms with Gasteiger partial charge in [0.1, 0.15) is 0 Å². The number of pyridine rings is 1. The lowest BCUT2D eigenvalue weighted by atomic mass is 9.82. The quantitative estimate of drug-likeness (QED) is 0.898. The summed E-state index contributed by atoms with van der Waals surface area (Å²) in [5.41, 5.74) is 3.51. The van der Waals surface area contributed by atoms with Gasteiger partial charge in [0.15, 0.2) is 0 Å². The molecule has 20 heavy (non-hydrogen) atoms. The molecule has 3 saturated carbocycles. The van der Waals surface area contributed by atoms with Crippen molar-refractivity contribution in [3.05, 3.63) is 29.1 Å². The van der Waals surface area contributed by atoms with Crippen molar-refractivity contribution in [2.24, 2.45) is 17.8 Å². The summed E-state index contributed by atoms with van der Waals surface area (Å²) in [7, 11) is 0. The zero-order chi connectivity index (χ0) is 13.7. The maximum Gasteiger partial charge on any atom is 0.0993 e. The topological polar surface area (TPSA) is 33.1 Å². The standard InChI is InChI=1S/C18H25NO/c1-2-14-7-8-15(12-5-6-12)17(19-14)18(20)16-10-11-3-4-13(16)9-11/h7-8,11-13,16,18,20H,2-6,9-10H2,1H3. The zero-order valence-corrected chi connectivity index (χ0v) is 12.4. The van der Waals surface area contributed by atoms with Crippen LogP contribution in [0.2, 0.25) is 0 Å². The van der Waals surface area contributed by atoms with Crippen LogP contribution in [0.3, 0.4) is 0 Å². The van der Waals surface area contributed by atoms with E-state index in [0.29, 0.717) is 11.8 Å². The smallest absolute Gasteiger partial charge is 0.0993 e. The molecular weight excluding hydrogens is 246 g/mol. The van der Waals surface area contributed by atoms with Crippen molar-refractivity contribution in [1.29, 1.82) is 0 Å². The van der Waals surface area contributed by atoms with E-state index in [1.807, 2.05) is 0 Å². The number of aliphatic hydroxyl groups excluding tert-OH is 1. The van der Waals surface area contributed by atoms with Crippen LogP contribution in [-0.2, 0) is 6.42 Å². The van der Waals surface area contributed by atoms with Crippen LogP contribution in [0, 0.1) is 17.8 Å². The van der Waals surface area contributed by atoms with Gasteiger partial charge in [-0.05, 0) is 73.8 Å². The third-order valence-electron chi connectivity index (χ3n) is 5.87. The largest absolute Gasteiger partial charge is 0.386 e. The normalized spacial score (nSPS) is 33.6. The first kappa shape index (κ1) is 12.8. The van der Waals surface area contributed by atoms with E-state index >= 15 is 0 Å². The molecular formula is C18H25NO. The van der Waals surface area contributed by atoms with Crippen molar-refractivity contribution in [1.82, 2.24) is 4.98 Å². The average molecular weight is 271 g/mol. The minimum absolute atomic E-state index is 0.313. The van der Waals surface area contributed by atoms with Gasteiger partial charge < -0.3 is 5.11 Å². The van der Waals surface area contributed by atoms with E-state index < -0.39 is 0 Å². The van der Waals surface area contributed by atoms with Crippen LogP contribution in [0.25, 0.3) is 0 Å². The molecule has 3 aliphatic carbocycles. The van der Waals surface area contributed by atoms with Gasteiger partial charge in [-0.2, -0.15) is 0 Å². The lowest BCUT2D eigenvalue weighted by Gasteiger charge is -2.28. The van der Waals surface area contributed by atoms with Crippen LogP contribution < -0.4 is 0 Å². The average Bonchev–Trinajstić information content (AvgIpc) is 3.12. The summed E-state index contributed by atoms with van der Waals surface area (Å²) in [6.07, 6.45) is 8.52. The predicted octanol–water partition coefficient (Wildman–Crippen LogP) is 3.99. The Kier molecular flexibility index (Phi) is 3.10. The summed E-state index contributed by atoms with van der Waals surface area (Å²) in [5, 5.41) is 11.0. The van der Waals surface area contributed by atoms with Crippen molar-refractivity contribution in [3.63, 3.8) is 0 Å². The van der Waals surface area contributed by atoms with Crippen molar-refractivity contribution in [3.8, 4) is 0 Å². The molecule has 0 aromatic carbocycles. The SMILES string of the molecule is CCc1ccc(C2CC2)c(C(O)C2CC3CCC2C3)n1. The number of aryl methyl sites for hydroxylation is 1. The van der Waals surface area contributed by atoms with Crippen molar-refractivity contribution < 1.29 is 5.11 Å². The molecule has 4 rings (SSSR count). The van der Waals surface area contributed by atoms with Crippen LogP contribution >= 0.6 is 0 Å². The molecule has 0 spiro atoms. The first-order chi connectivity index (χ1) is 9.76.